The van der Waals surface area contributed by atoms with Gasteiger partial charge in [-0.15, -0.1) is 0 Å². The monoisotopic (exact) mass is 278 g/mol. The highest BCUT2D eigenvalue weighted by Gasteiger charge is 2.11. The van der Waals surface area contributed by atoms with Crippen LogP contribution in [0.3, 0.4) is 0 Å². The van der Waals surface area contributed by atoms with Crippen LogP contribution in [0, 0.1) is 13.8 Å². The number of carbonyl (C=O) groups is 1. The van der Waals surface area contributed by atoms with Gasteiger partial charge in [0, 0.05) is 5.69 Å². The first kappa shape index (κ1) is 13.6. The Hall–Kier alpha value is -1.82. The third kappa shape index (κ3) is 3.57. The molecule has 6 heteroatoms. The van der Waals surface area contributed by atoms with Gasteiger partial charge in [0.05, 0.1) is 12.9 Å². The van der Waals surface area contributed by atoms with Gasteiger partial charge in [0.1, 0.15) is 16.6 Å². The van der Waals surface area contributed by atoms with E-state index in [1.54, 1.807) is 12.1 Å². The molecule has 19 heavy (non-hydrogen) atoms. The molecular formula is C13H14N2O3S. The van der Waals surface area contributed by atoms with Crippen LogP contribution >= 0.6 is 11.8 Å². The van der Waals surface area contributed by atoms with E-state index in [1.165, 1.54) is 18.9 Å². The summed E-state index contributed by atoms with van der Waals surface area (Å²) in [5.74, 6) is 1.81. The second-order valence-electron chi connectivity index (χ2n) is 3.94. The average Bonchev–Trinajstić information content (AvgIpc) is 2.83. The van der Waals surface area contributed by atoms with Crippen LogP contribution in [0.25, 0.3) is 0 Å². The zero-order valence-corrected chi connectivity index (χ0v) is 11.8. The van der Waals surface area contributed by atoms with E-state index in [-0.39, 0.29) is 5.76 Å². The number of esters is 1. The van der Waals surface area contributed by atoms with Crippen LogP contribution in [-0.2, 0) is 10.5 Å². The maximum atomic E-state index is 11.2. The number of rotatable bonds is 4. The Morgan fingerprint density at radius 2 is 2.16 bits per heavy atom. The fourth-order valence-corrected chi connectivity index (χ4v) is 2.46. The Bertz CT molecular complexity index is 575. The molecule has 0 bridgehead atoms. The molecule has 0 aliphatic heterocycles. The maximum absolute atomic E-state index is 11.2. The molecule has 0 unspecified atom stereocenters. The largest absolute Gasteiger partial charge is 0.463 e. The van der Waals surface area contributed by atoms with Crippen molar-refractivity contribution in [1.82, 2.24) is 9.97 Å². The molecule has 0 aliphatic rings. The van der Waals surface area contributed by atoms with E-state index in [0.29, 0.717) is 11.5 Å². The topological polar surface area (TPSA) is 65.2 Å². The first-order valence-electron chi connectivity index (χ1n) is 5.70. The average molecular weight is 278 g/mol. The predicted molar refractivity (Wildman–Crippen MR) is 71.1 cm³/mol. The summed E-state index contributed by atoms with van der Waals surface area (Å²) in [5.41, 5.74) is 0.935. The van der Waals surface area contributed by atoms with Crippen LogP contribution < -0.4 is 0 Å². The van der Waals surface area contributed by atoms with Crippen molar-refractivity contribution in [3.05, 3.63) is 41.2 Å². The number of methoxy groups -OCH3 is 1. The smallest absolute Gasteiger partial charge is 0.373 e. The summed E-state index contributed by atoms with van der Waals surface area (Å²) < 4.78 is 9.96. The highest BCUT2D eigenvalue weighted by atomic mass is 32.2. The molecule has 0 spiro atoms. The number of furan rings is 1. The third-order valence-corrected chi connectivity index (χ3v) is 3.29. The fourth-order valence-electron chi connectivity index (χ4n) is 1.57. The van der Waals surface area contributed by atoms with Gasteiger partial charge in [0.15, 0.2) is 0 Å². The van der Waals surface area contributed by atoms with Gasteiger partial charge in [-0.3, -0.25) is 0 Å². The second kappa shape index (κ2) is 5.88. The molecule has 0 radical (unpaired) electrons. The summed E-state index contributed by atoms with van der Waals surface area (Å²) in [4.78, 5) is 19.8. The van der Waals surface area contributed by atoms with Gasteiger partial charge >= 0.3 is 5.97 Å². The fraction of sp³-hybridized carbons (Fsp3) is 0.308. The molecular weight excluding hydrogens is 264 g/mol. The van der Waals surface area contributed by atoms with Crippen molar-refractivity contribution in [3.8, 4) is 0 Å². The Morgan fingerprint density at radius 1 is 1.37 bits per heavy atom. The lowest BCUT2D eigenvalue weighted by molar-refractivity contribution is 0.0563. The minimum absolute atomic E-state index is 0.216. The normalized spacial score (nSPS) is 10.5. The maximum Gasteiger partial charge on any atom is 0.373 e. The van der Waals surface area contributed by atoms with Gasteiger partial charge in [0.25, 0.3) is 0 Å². The highest BCUT2D eigenvalue weighted by molar-refractivity contribution is 7.98. The van der Waals surface area contributed by atoms with Crippen molar-refractivity contribution in [2.45, 2.75) is 24.6 Å². The molecule has 5 nitrogen and oxygen atoms in total. The Morgan fingerprint density at radius 3 is 2.84 bits per heavy atom. The molecule has 2 rings (SSSR count). The molecule has 0 amide bonds. The van der Waals surface area contributed by atoms with E-state index in [4.69, 9.17) is 4.42 Å². The Kier molecular flexibility index (Phi) is 4.21. The number of aromatic nitrogens is 2. The quantitative estimate of drug-likeness (QED) is 0.487. The predicted octanol–water partition coefficient (Wildman–Crippen LogP) is 2.77. The number of hydrogen-bond acceptors (Lipinski definition) is 6. The van der Waals surface area contributed by atoms with Crippen LogP contribution in [0.4, 0.5) is 0 Å². The Balaban J connectivity index is 2.02. The Labute approximate surface area is 115 Å². The minimum atomic E-state index is -0.468. The molecule has 0 fully saturated rings. The molecule has 0 saturated heterocycles. The molecule has 0 atom stereocenters. The summed E-state index contributed by atoms with van der Waals surface area (Å²) in [6, 6.07) is 5.29. The minimum Gasteiger partial charge on any atom is -0.463 e. The molecule has 2 heterocycles. The van der Waals surface area contributed by atoms with Crippen molar-refractivity contribution in [3.63, 3.8) is 0 Å². The van der Waals surface area contributed by atoms with Crippen molar-refractivity contribution in [2.24, 2.45) is 0 Å². The second-order valence-corrected chi connectivity index (χ2v) is 4.94. The number of carbonyl (C=O) groups excluding carboxylic acids is 1. The molecule has 0 N–H and O–H groups in total. The van der Waals surface area contributed by atoms with E-state index in [2.05, 4.69) is 14.7 Å². The van der Waals surface area contributed by atoms with E-state index >= 15 is 0 Å². The van der Waals surface area contributed by atoms with Gasteiger partial charge in [-0.25, -0.2) is 14.8 Å². The molecule has 2 aromatic heterocycles. The molecule has 2 aromatic rings. The van der Waals surface area contributed by atoms with Crippen molar-refractivity contribution in [2.75, 3.05) is 7.11 Å². The van der Waals surface area contributed by atoms with E-state index in [0.717, 1.165) is 16.5 Å². The first-order valence-corrected chi connectivity index (χ1v) is 6.69. The molecule has 0 aliphatic carbocycles. The lowest BCUT2D eigenvalue weighted by Crippen LogP contribution is -1.98. The van der Waals surface area contributed by atoms with Crippen LogP contribution in [0.1, 0.15) is 27.8 Å². The third-order valence-electron chi connectivity index (χ3n) is 2.35. The highest BCUT2D eigenvalue weighted by Crippen LogP contribution is 2.22. The molecule has 100 valence electrons. The first-order chi connectivity index (χ1) is 9.08. The number of thioether (sulfide) groups is 1. The summed E-state index contributed by atoms with van der Waals surface area (Å²) in [5, 5.41) is 0.890. The molecule has 0 saturated carbocycles. The van der Waals surface area contributed by atoms with E-state index in [9.17, 15) is 4.79 Å². The summed E-state index contributed by atoms with van der Waals surface area (Å²) in [6.07, 6.45) is 0. The van der Waals surface area contributed by atoms with E-state index in [1.807, 2.05) is 19.9 Å². The standard InChI is InChI=1S/C13H14N2O3S/c1-8-6-12(15-9(2)14-8)19-7-10-4-5-11(18-10)13(16)17-3/h4-6H,7H2,1-3H3. The zero-order valence-electron chi connectivity index (χ0n) is 11.0. The van der Waals surface area contributed by atoms with Gasteiger partial charge in [-0.05, 0) is 32.0 Å². The number of aryl methyl sites for hydroxylation is 2. The van der Waals surface area contributed by atoms with Crippen molar-refractivity contribution < 1.29 is 13.9 Å². The summed E-state index contributed by atoms with van der Waals surface area (Å²) in [6.45, 7) is 3.79. The number of hydrogen-bond donors (Lipinski definition) is 0. The summed E-state index contributed by atoms with van der Waals surface area (Å²) >= 11 is 1.54. The lowest BCUT2D eigenvalue weighted by atomic mass is 10.4. The van der Waals surface area contributed by atoms with Crippen molar-refractivity contribution >= 4 is 17.7 Å². The van der Waals surface area contributed by atoms with Gasteiger partial charge < -0.3 is 9.15 Å². The van der Waals surface area contributed by atoms with Crippen LogP contribution in [0.15, 0.2) is 27.6 Å². The van der Waals surface area contributed by atoms with Gasteiger partial charge in [-0.1, -0.05) is 11.8 Å². The molecule has 0 aromatic carbocycles. The number of ether oxygens (including phenoxy) is 1. The van der Waals surface area contributed by atoms with E-state index < -0.39 is 5.97 Å². The van der Waals surface area contributed by atoms with Gasteiger partial charge in [-0.2, -0.15) is 0 Å². The van der Waals surface area contributed by atoms with Crippen LogP contribution in [0.5, 0.6) is 0 Å². The zero-order chi connectivity index (χ0) is 13.8. The van der Waals surface area contributed by atoms with Crippen LogP contribution in [0.2, 0.25) is 0 Å². The SMILES string of the molecule is COC(=O)c1ccc(CSc2cc(C)nc(C)n2)o1. The number of nitrogens with zero attached hydrogens (tertiary/aromatic N) is 2. The lowest BCUT2D eigenvalue weighted by Gasteiger charge is -2.01. The van der Waals surface area contributed by atoms with Gasteiger partial charge in [0.2, 0.25) is 5.76 Å². The van der Waals surface area contributed by atoms with Crippen LogP contribution in [-0.4, -0.2) is 23.0 Å². The van der Waals surface area contributed by atoms with Crippen molar-refractivity contribution in [1.29, 1.82) is 0 Å². The summed E-state index contributed by atoms with van der Waals surface area (Å²) in [7, 11) is 1.33.